The molecule has 0 spiro atoms. The van der Waals surface area contributed by atoms with E-state index in [1.54, 1.807) is 6.07 Å². The van der Waals surface area contributed by atoms with Crippen LogP contribution in [0.25, 0.3) is 10.8 Å². The molecule has 0 fully saturated rings. The van der Waals surface area contributed by atoms with Gasteiger partial charge in [0.05, 0.1) is 59.1 Å². The molecule has 0 aromatic heterocycles. The minimum absolute atomic E-state index is 0. The summed E-state index contributed by atoms with van der Waals surface area (Å²) >= 11 is 0. The molecule has 0 aliphatic rings. The van der Waals surface area contributed by atoms with Crippen LogP contribution in [0.4, 0.5) is 62.6 Å². The topological polar surface area (TPSA) is 393 Å². The van der Waals surface area contributed by atoms with Crippen LogP contribution in [0.15, 0.2) is 172 Å². The second-order valence-corrected chi connectivity index (χ2v) is 19.6. The first kappa shape index (κ1) is 62.5. The fourth-order valence-corrected chi connectivity index (χ4v) is 8.75. The molecule has 0 saturated heterocycles. The number of para-hydroxylation sites is 1. The van der Waals surface area contributed by atoms with Gasteiger partial charge in [-0.3, -0.25) is 0 Å². The molecule has 0 aliphatic carbocycles. The van der Waals surface area contributed by atoms with Gasteiger partial charge in [0.1, 0.15) is 63.3 Å². The van der Waals surface area contributed by atoms with Crippen LogP contribution >= 0.6 is 0 Å². The number of nitrogen functional groups attached to an aromatic ring is 1. The normalized spacial score (nSPS) is 12.0. The summed E-state index contributed by atoms with van der Waals surface area (Å²) in [6.07, 6.45) is 0. The number of azo groups is 3. The van der Waals surface area contributed by atoms with Gasteiger partial charge in [-0.2, -0.15) is 15.3 Å². The zero-order chi connectivity index (χ0) is 49.3. The molecule has 0 unspecified atom stereocenters. The van der Waals surface area contributed by atoms with Crippen molar-refractivity contribution >= 4 is 114 Å². The second-order valence-electron chi connectivity index (χ2n) is 14.2. The number of anilines is 5. The number of aromatic hydroxyl groups is 2. The van der Waals surface area contributed by atoms with Gasteiger partial charge in [0.2, 0.25) is 0 Å². The van der Waals surface area contributed by atoms with Crippen molar-refractivity contribution in [1.29, 1.82) is 0 Å². The van der Waals surface area contributed by atoms with Gasteiger partial charge in [-0.1, -0.05) is 18.2 Å². The summed E-state index contributed by atoms with van der Waals surface area (Å²) in [6.45, 7) is 1.91. The van der Waals surface area contributed by atoms with E-state index >= 15 is 0 Å². The van der Waals surface area contributed by atoms with Gasteiger partial charge >= 0.3 is 118 Å². The Morgan fingerprint density at radius 3 is 1.57 bits per heavy atom. The standard InChI is InChI=1S/C41H33N9O14S4.4Na/c1-22-4-2-3-5-30(22)44-33-21-28(51)13-17-31(33)48-45-25-8-6-24(7-9-25)43-32-16-12-27(20-34(32)66(56,57)58)47-49-39-35(67(59,60)61)18-23-19-36(68(62,63)64)40(41(52)37(23)38(39)42)50-46-26-10-14-29(15-11-26)65(53,54)55;;;;/h2-21,43-44,51-52H,42H2,1H3,(H,53,54,55)(H,56,57,58)(H,59,60,61)(H,62,63,64);;;;/q;4*+1/p-4. The number of nitrogens with one attached hydrogen (secondary N) is 2. The van der Waals surface area contributed by atoms with Gasteiger partial charge in [0.25, 0.3) is 0 Å². The van der Waals surface area contributed by atoms with E-state index in [1.807, 2.05) is 31.2 Å². The average molecular weight is 1090 g/mol. The van der Waals surface area contributed by atoms with Crippen molar-refractivity contribution < 1.29 is 180 Å². The molecule has 0 aliphatic heterocycles. The first-order valence-electron chi connectivity index (χ1n) is 18.8. The predicted octanol–water partition coefficient (Wildman–Crippen LogP) is -3.49. The average Bonchev–Trinajstić information content (AvgIpc) is 3.25. The molecule has 31 heteroatoms. The third-order valence-corrected chi connectivity index (χ3v) is 13.0. The molecule has 23 nitrogen and oxygen atoms in total. The first-order valence-corrected chi connectivity index (χ1v) is 24.5. The number of benzene rings is 7. The zero-order valence-electron chi connectivity index (χ0n) is 38.2. The Hall–Kier alpha value is -3.76. The van der Waals surface area contributed by atoms with Crippen molar-refractivity contribution in [3.8, 4) is 11.5 Å². The molecular weight excluding hydrogens is 1060 g/mol. The number of hydrogen-bond acceptors (Lipinski definition) is 23. The van der Waals surface area contributed by atoms with E-state index in [0.717, 1.165) is 53.7 Å². The fraction of sp³-hybridized carbons (Fsp3) is 0.0244. The third-order valence-electron chi connectivity index (χ3n) is 9.56. The van der Waals surface area contributed by atoms with Crippen LogP contribution in [0.3, 0.4) is 0 Å². The molecule has 0 bridgehead atoms. The van der Waals surface area contributed by atoms with Crippen molar-refractivity contribution in [3.05, 3.63) is 127 Å². The number of hydrogen-bond donors (Lipinski definition) is 5. The van der Waals surface area contributed by atoms with E-state index in [4.69, 9.17) is 5.73 Å². The van der Waals surface area contributed by atoms with Crippen LogP contribution in [0, 0.1) is 6.92 Å². The van der Waals surface area contributed by atoms with E-state index < -0.39 is 99.3 Å². The van der Waals surface area contributed by atoms with E-state index in [-0.39, 0.29) is 141 Å². The molecule has 7 aromatic carbocycles. The van der Waals surface area contributed by atoms with Crippen LogP contribution in [0.1, 0.15) is 5.56 Å². The smallest absolute Gasteiger partial charge is 0.744 e. The van der Waals surface area contributed by atoms with Crippen LogP contribution < -0.4 is 135 Å². The summed E-state index contributed by atoms with van der Waals surface area (Å²) in [7, 11) is -21.3. The van der Waals surface area contributed by atoms with E-state index in [1.165, 1.54) is 36.4 Å². The molecule has 0 saturated carbocycles. The minimum atomic E-state index is -5.57. The van der Waals surface area contributed by atoms with Crippen LogP contribution in [0.5, 0.6) is 11.5 Å². The monoisotopic (exact) mass is 1090 g/mol. The van der Waals surface area contributed by atoms with E-state index in [2.05, 4.69) is 41.3 Å². The number of phenols is 2. The molecule has 7 aromatic rings. The van der Waals surface area contributed by atoms with Crippen molar-refractivity contribution in [2.45, 2.75) is 26.5 Å². The number of fused-ring (bicyclic) bond motifs is 1. The van der Waals surface area contributed by atoms with Crippen LogP contribution in [-0.4, -0.2) is 62.1 Å². The third kappa shape index (κ3) is 15.2. The number of phenolic OH excluding ortho intramolecular Hbond substituents is 2. The minimum Gasteiger partial charge on any atom is -0.744 e. The Labute approximate surface area is 499 Å². The van der Waals surface area contributed by atoms with E-state index in [9.17, 15) is 62.1 Å². The molecule has 350 valence electrons. The number of nitrogens with zero attached hydrogens (tertiary/aromatic N) is 6. The van der Waals surface area contributed by atoms with E-state index in [0.29, 0.717) is 29.2 Å². The molecule has 72 heavy (non-hydrogen) atoms. The molecule has 0 heterocycles. The van der Waals surface area contributed by atoms with Gasteiger partial charge in [0.15, 0.2) is 5.75 Å². The Bertz CT molecular complexity index is 3750. The van der Waals surface area contributed by atoms with Crippen molar-refractivity contribution in [3.63, 3.8) is 0 Å². The largest absolute Gasteiger partial charge is 1.00 e. The van der Waals surface area contributed by atoms with Gasteiger partial charge in [-0.25, -0.2) is 33.7 Å². The fourth-order valence-electron chi connectivity index (χ4n) is 6.32. The first-order chi connectivity index (χ1) is 31.9. The number of aryl methyl sites for hydroxylation is 1. The Balaban J connectivity index is 0.00000342. The second kappa shape index (κ2) is 25.2. The van der Waals surface area contributed by atoms with Gasteiger partial charge in [-0.05, 0) is 115 Å². The van der Waals surface area contributed by atoms with Crippen LogP contribution in [-0.2, 0) is 40.5 Å². The summed E-state index contributed by atoms with van der Waals surface area (Å²) in [5.41, 5.74) is 5.78. The van der Waals surface area contributed by atoms with Crippen molar-refractivity contribution in [2.24, 2.45) is 30.7 Å². The molecule has 0 atom stereocenters. The zero-order valence-corrected chi connectivity index (χ0v) is 49.5. The predicted molar refractivity (Wildman–Crippen MR) is 240 cm³/mol. The summed E-state index contributed by atoms with van der Waals surface area (Å²) in [5, 5.41) is 49.5. The molecular formula is C41H29N9Na4O14S4. The molecule has 0 amide bonds. The number of nitrogens with two attached hydrogens (primary N) is 1. The number of rotatable bonds is 14. The Morgan fingerprint density at radius 2 is 1.00 bits per heavy atom. The SMILES string of the molecule is Cc1ccccc1Nc1cc(O)ccc1N=Nc1ccc(Nc2ccc(N=Nc3c(S(=O)(=O)[O-])cc4cc(S(=O)(=O)[O-])c(N=Nc5ccc(S(=O)(=O)[O-])cc5)c(O)c4c3N)cc2S(=O)(=O)[O-])cc1.[Na+].[Na+].[Na+].[Na+]. The van der Waals surface area contributed by atoms with Crippen LogP contribution in [0.2, 0.25) is 0 Å². The molecule has 7 rings (SSSR count). The van der Waals surface area contributed by atoms with Gasteiger partial charge in [0, 0.05) is 17.4 Å². The van der Waals surface area contributed by atoms with Gasteiger partial charge < -0.3 is 44.8 Å². The molecule has 6 N–H and O–H groups in total. The Kier molecular flexibility index (Phi) is 21.9. The molecule has 0 radical (unpaired) electrons. The maximum absolute atomic E-state index is 12.5. The van der Waals surface area contributed by atoms with Crippen molar-refractivity contribution in [1.82, 2.24) is 0 Å². The van der Waals surface area contributed by atoms with Crippen molar-refractivity contribution in [2.75, 3.05) is 16.4 Å². The van der Waals surface area contributed by atoms with Gasteiger partial charge in [-0.15, -0.1) is 15.3 Å². The summed E-state index contributed by atoms with van der Waals surface area (Å²) < 4.78 is 146. The quantitative estimate of drug-likeness (QED) is 0.0305. The summed E-state index contributed by atoms with van der Waals surface area (Å²) in [5.74, 6) is -1.19. The summed E-state index contributed by atoms with van der Waals surface area (Å²) in [4.78, 5) is -4.00. The maximum Gasteiger partial charge on any atom is 1.00 e. The summed E-state index contributed by atoms with van der Waals surface area (Å²) in [6, 6.07) is 25.8. The Morgan fingerprint density at radius 1 is 0.486 bits per heavy atom. The maximum atomic E-state index is 12.5.